The van der Waals surface area contributed by atoms with Gasteiger partial charge >= 0.3 is 11.9 Å². The molecule has 3 aromatic rings. The number of aromatic nitrogens is 2. The van der Waals surface area contributed by atoms with Crippen LogP contribution < -0.4 is 16.0 Å². The number of benzene rings is 2. The highest BCUT2D eigenvalue weighted by Gasteiger charge is 2.15. The molecule has 0 bridgehead atoms. The molecule has 37 heavy (non-hydrogen) atoms. The van der Waals surface area contributed by atoms with Crippen LogP contribution in [0.5, 0.6) is 0 Å². The number of thiocarbonyl (C=S) groups is 1. The first-order valence-electron chi connectivity index (χ1n) is 11.3. The van der Waals surface area contributed by atoms with E-state index in [1.165, 1.54) is 32.4 Å². The summed E-state index contributed by atoms with van der Waals surface area (Å²) >= 11 is 5.48. The van der Waals surface area contributed by atoms with Gasteiger partial charge in [0.25, 0.3) is 0 Å². The molecule has 0 radical (unpaired) electrons. The standard InChI is InChI=1S/C26H28N6O4S/c1-16-12-17(2)29-25(28-16)31-24(27-11-10-18-8-6-5-7-9-18)32-26(37)30-21-14-19(22(33)35-3)13-20(15-21)23(34)36-4/h5-9,12-15H,10-11H2,1-4H3,(H3,27,28,29,30,31,32,37). The van der Waals surface area contributed by atoms with Crippen LogP contribution in [-0.2, 0) is 15.9 Å². The Morgan fingerprint density at radius 2 is 1.49 bits per heavy atom. The van der Waals surface area contributed by atoms with Crippen molar-refractivity contribution < 1.29 is 19.1 Å². The molecule has 0 aliphatic rings. The number of carbonyl (C=O) groups excluding carboxylic acids is 2. The highest BCUT2D eigenvalue weighted by Crippen LogP contribution is 2.17. The number of esters is 2. The second-order valence-electron chi connectivity index (χ2n) is 7.93. The summed E-state index contributed by atoms with van der Waals surface area (Å²) < 4.78 is 9.57. The van der Waals surface area contributed by atoms with E-state index in [2.05, 4.69) is 30.9 Å². The third-order valence-electron chi connectivity index (χ3n) is 4.99. The number of carbonyl (C=O) groups is 2. The molecule has 0 saturated carbocycles. The Kier molecular flexibility index (Phi) is 9.61. The van der Waals surface area contributed by atoms with E-state index in [9.17, 15) is 9.59 Å². The lowest BCUT2D eigenvalue weighted by atomic mass is 10.1. The molecule has 0 aliphatic heterocycles. The molecule has 0 spiro atoms. The fourth-order valence-electron chi connectivity index (χ4n) is 3.38. The largest absolute Gasteiger partial charge is 0.465 e. The van der Waals surface area contributed by atoms with Crippen LogP contribution in [-0.4, -0.2) is 53.7 Å². The Morgan fingerprint density at radius 3 is 2.05 bits per heavy atom. The molecule has 0 amide bonds. The maximum absolute atomic E-state index is 12.1. The Morgan fingerprint density at radius 1 is 0.892 bits per heavy atom. The Labute approximate surface area is 220 Å². The lowest BCUT2D eigenvalue weighted by molar-refractivity contribution is 0.0599. The molecule has 192 valence electrons. The number of rotatable bonds is 7. The van der Waals surface area contributed by atoms with Crippen molar-refractivity contribution in [2.45, 2.75) is 20.3 Å². The minimum atomic E-state index is -0.607. The van der Waals surface area contributed by atoms with Gasteiger partial charge in [-0.05, 0) is 62.3 Å². The fraction of sp³-hybridized carbons (Fsp3) is 0.231. The van der Waals surface area contributed by atoms with Crippen LogP contribution in [0.1, 0.15) is 37.7 Å². The number of hydrogen-bond acceptors (Lipinski definition) is 8. The van der Waals surface area contributed by atoms with Crippen molar-refractivity contribution in [2.75, 3.05) is 31.4 Å². The van der Waals surface area contributed by atoms with Crippen LogP contribution in [0.25, 0.3) is 0 Å². The number of aliphatic imine (C=N–C) groups is 1. The zero-order valence-corrected chi connectivity index (χ0v) is 21.8. The first-order chi connectivity index (χ1) is 17.8. The summed E-state index contributed by atoms with van der Waals surface area (Å²) in [5, 5.41) is 9.22. The molecule has 0 atom stereocenters. The molecule has 11 heteroatoms. The van der Waals surface area contributed by atoms with Crippen molar-refractivity contribution >= 4 is 46.9 Å². The molecule has 1 heterocycles. The zero-order chi connectivity index (χ0) is 26.8. The third-order valence-corrected chi connectivity index (χ3v) is 5.19. The molecule has 3 rings (SSSR count). The van der Waals surface area contributed by atoms with E-state index < -0.39 is 11.9 Å². The maximum atomic E-state index is 12.1. The zero-order valence-electron chi connectivity index (χ0n) is 21.0. The molecular formula is C26H28N6O4S. The summed E-state index contributed by atoms with van der Waals surface area (Å²) in [6.07, 6.45) is 0.714. The number of anilines is 2. The average Bonchev–Trinajstić information content (AvgIpc) is 2.87. The van der Waals surface area contributed by atoms with Gasteiger partial charge < -0.3 is 20.1 Å². The Bertz CT molecular complexity index is 1260. The second kappa shape index (κ2) is 13.1. The van der Waals surface area contributed by atoms with Gasteiger partial charge in [-0.25, -0.2) is 19.6 Å². The smallest absolute Gasteiger partial charge is 0.337 e. The molecule has 0 aliphatic carbocycles. The highest BCUT2D eigenvalue weighted by atomic mass is 32.1. The molecular weight excluding hydrogens is 492 g/mol. The van der Waals surface area contributed by atoms with Crippen LogP contribution in [0.4, 0.5) is 11.6 Å². The van der Waals surface area contributed by atoms with E-state index in [4.69, 9.17) is 21.7 Å². The molecule has 3 N–H and O–H groups in total. The predicted octanol–water partition coefficient (Wildman–Crippen LogP) is 3.66. The normalized spacial score (nSPS) is 10.9. The van der Waals surface area contributed by atoms with Crippen LogP contribution in [0.2, 0.25) is 0 Å². The van der Waals surface area contributed by atoms with Gasteiger partial charge in [-0.3, -0.25) is 10.3 Å². The molecule has 0 saturated heterocycles. The first kappa shape index (κ1) is 27.2. The molecule has 1 aromatic heterocycles. The Balaban J connectivity index is 1.81. The van der Waals surface area contributed by atoms with Gasteiger partial charge in [-0.2, -0.15) is 0 Å². The van der Waals surface area contributed by atoms with Gasteiger partial charge in [0.1, 0.15) is 0 Å². The summed E-state index contributed by atoms with van der Waals surface area (Å²) in [7, 11) is 2.51. The van der Waals surface area contributed by atoms with Crippen molar-refractivity contribution in [3.8, 4) is 0 Å². The SMILES string of the molecule is COC(=O)c1cc(NC(=S)NC(=NCCc2ccccc2)Nc2nc(C)cc(C)n2)cc(C(=O)OC)c1. The van der Waals surface area contributed by atoms with Gasteiger partial charge in [-0.1, -0.05) is 30.3 Å². The van der Waals surface area contributed by atoms with Crippen LogP contribution >= 0.6 is 12.2 Å². The van der Waals surface area contributed by atoms with E-state index in [0.717, 1.165) is 17.0 Å². The monoisotopic (exact) mass is 520 g/mol. The fourth-order valence-corrected chi connectivity index (χ4v) is 3.60. The summed E-state index contributed by atoms with van der Waals surface area (Å²) in [4.78, 5) is 37.6. The van der Waals surface area contributed by atoms with E-state index in [1.54, 1.807) is 0 Å². The molecule has 0 unspecified atom stereocenters. The first-order valence-corrected chi connectivity index (χ1v) is 11.8. The topological polar surface area (TPSA) is 127 Å². The minimum Gasteiger partial charge on any atom is -0.465 e. The quantitative estimate of drug-likeness (QED) is 0.184. The predicted molar refractivity (Wildman–Crippen MR) is 146 cm³/mol. The summed E-state index contributed by atoms with van der Waals surface area (Å²) in [6.45, 7) is 4.22. The lowest BCUT2D eigenvalue weighted by Gasteiger charge is -2.15. The van der Waals surface area contributed by atoms with Crippen LogP contribution in [0.15, 0.2) is 59.6 Å². The van der Waals surface area contributed by atoms with E-state index in [1.807, 2.05) is 50.2 Å². The number of methoxy groups -OCH3 is 2. The van der Waals surface area contributed by atoms with Crippen molar-refractivity contribution in [1.82, 2.24) is 15.3 Å². The second-order valence-corrected chi connectivity index (χ2v) is 8.33. The summed E-state index contributed by atoms with van der Waals surface area (Å²) in [5.74, 6) is -0.517. The summed E-state index contributed by atoms with van der Waals surface area (Å²) in [6, 6.07) is 16.2. The highest BCUT2D eigenvalue weighted by molar-refractivity contribution is 7.80. The number of hydrogen-bond donors (Lipinski definition) is 3. The number of guanidine groups is 1. The van der Waals surface area contributed by atoms with Crippen molar-refractivity contribution in [3.63, 3.8) is 0 Å². The number of nitrogens with one attached hydrogen (secondary N) is 3. The van der Waals surface area contributed by atoms with Crippen molar-refractivity contribution in [3.05, 3.63) is 82.7 Å². The van der Waals surface area contributed by atoms with E-state index in [0.29, 0.717) is 30.6 Å². The van der Waals surface area contributed by atoms with Gasteiger partial charge in [0.05, 0.1) is 25.3 Å². The van der Waals surface area contributed by atoms with Gasteiger partial charge in [0.15, 0.2) is 5.11 Å². The minimum absolute atomic E-state index is 0.160. The lowest BCUT2D eigenvalue weighted by Crippen LogP contribution is -2.39. The maximum Gasteiger partial charge on any atom is 0.337 e. The van der Waals surface area contributed by atoms with Crippen molar-refractivity contribution in [1.29, 1.82) is 0 Å². The molecule has 2 aromatic carbocycles. The molecule has 10 nitrogen and oxygen atoms in total. The number of nitrogens with zero attached hydrogens (tertiary/aromatic N) is 3. The van der Waals surface area contributed by atoms with Gasteiger partial charge in [-0.15, -0.1) is 0 Å². The van der Waals surface area contributed by atoms with Gasteiger partial charge in [0, 0.05) is 23.6 Å². The average molecular weight is 521 g/mol. The summed E-state index contributed by atoms with van der Waals surface area (Å²) in [5.41, 5.74) is 3.45. The molecule has 0 fully saturated rings. The van der Waals surface area contributed by atoms with E-state index in [-0.39, 0.29) is 16.2 Å². The van der Waals surface area contributed by atoms with E-state index >= 15 is 0 Å². The third kappa shape index (κ3) is 8.36. The number of ether oxygens (including phenoxy) is 2. The van der Waals surface area contributed by atoms with Crippen molar-refractivity contribution in [2.24, 2.45) is 4.99 Å². The van der Waals surface area contributed by atoms with Gasteiger partial charge in [0.2, 0.25) is 11.9 Å². The number of aryl methyl sites for hydroxylation is 2. The van der Waals surface area contributed by atoms with Crippen LogP contribution in [0, 0.1) is 13.8 Å². The Hall–Kier alpha value is -4.38. The van der Waals surface area contributed by atoms with Crippen LogP contribution in [0.3, 0.4) is 0 Å².